The Kier molecular flexibility index (Phi) is 3.05. The molecule has 0 saturated carbocycles. The molecule has 0 atom stereocenters. The maximum absolute atomic E-state index is 12.6. The van der Waals surface area contributed by atoms with E-state index in [4.69, 9.17) is 0 Å². The molecule has 0 saturated heterocycles. The van der Waals surface area contributed by atoms with Crippen LogP contribution in [0.15, 0.2) is 27.8 Å². The highest BCUT2D eigenvalue weighted by atomic mass is 16.2. The lowest BCUT2D eigenvalue weighted by atomic mass is 10.1. The summed E-state index contributed by atoms with van der Waals surface area (Å²) in [7, 11) is 6.90. The molecule has 6 heteroatoms. The highest BCUT2D eigenvalue weighted by Crippen LogP contribution is 2.30. The van der Waals surface area contributed by atoms with Crippen LogP contribution in [0.3, 0.4) is 0 Å². The Morgan fingerprint density at radius 1 is 1.09 bits per heavy atom. The van der Waals surface area contributed by atoms with E-state index in [9.17, 15) is 9.59 Å². The predicted molar refractivity (Wildman–Crippen MR) is 88.8 cm³/mol. The predicted octanol–water partition coefficient (Wildman–Crippen LogP) is 1.16. The molecule has 0 spiro atoms. The Morgan fingerprint density at radius 2 is 1.77 bits per heavy atom. The van der Waals surface area contributed by atoms with Crippen LogP contribution in [0.2, 0.25) is 0 Å². The molecule has 0 radical (unpaired) electrons. The molecule has 6 nitrogen and oxygen atoms in total. The summed E-state index contributed by atoms with van der Waals surface area (Å²) in [6.07, 6.45) is 0. The van der Waals surface area contributed by atoms with E-state index in [0.717, 1.165) is 26.7 Å². The van der Waals surface area contributed by atoms with Gasteiger partial charge in [-0.2, -0.15) is 0 Å². The number of anilines is 1. The second-order valence-electron chi connectivity index (χ2n) is 5.78. The van der Waals surface area contributed by atoms with Crippen molar-refractivity contribution in [1.82, 2.24) is 14.1 Å². The SMILES string of the molecule is Cc1ccc2c(N(C)C)c3c(=O)n(C)c(=O)n(C)c3nc2c1. The molecule has 2 heterocycles. The summed E-state index contributed by atoms with van der Waals surface area (Å²) in [4.78, 5) is 31.2. The Hall–Kier alpha value is -2.63. The van der Waals surface area contributed by atoms with Crippen LogP contribution in [-0.4, -0.2) is 28.2 Å². The molecular formula is C16H18N4O2. The molecule has 0 aliphatic heterocycles. The maximum atomic E-state index is 12.6. The molecule has 0 fully saturated rings. The molecule has 1 aromatic carbocycles. The first kappa shape index (κ1) is 14.3. The van der Waals surface area contributed by atoms with E-state index in [-0.39, 0.29) is 11.2 Å². The van der Waals surface area contributed by atoms with E-state index in [2.05, 4.69) is 4.98 Å². The van der Waals surface area contributed by atoms with Crippen molar-refractivity contribution in [2.24, 2.45) is 14.1 Å². The molecule has 0 aliphatic carbocycles. The van der Waals surface area contributed by atoms with Crippen molar-refractivity contribution >= 4 is 27.6 Å². The molecule has 0 bridgehead atoms. The van der Waals surface area contributed by atoms with Gasteiger partial charge in [0.1, 0.15) is 5.39 Å². The summed E-state index contributed by atoms with van der Waals surface area (Å²) in [6.45, 7) is 1.99. The number of fused-ring (bicyclic) bond motifs is 2. The fourth-order valence-corrected chi connectivity index (χ4v) is 2.82. The van der Waals surface area contributed by atoms with Crippen LogP contribution in [-0.2, 0) is 14.1 Å². The number of rotatable bonds is 1. The van der Waals surface area contributed by atoms with Crippen molar-refractivity contribution < 1.29 is 0 Å². The second-order valence-corrected chi connectivity index (χ2v) is 5.78. The molecule has 3 aromatic rings. The fraction of sp³-hybridized carbons (Fsp3) is 0.312. The summed E-state index contributed by atoms with van der Waals surface area (Å²) < 4.78 is 2.54. The van der Waals surface area contributed by atoms with Gasteiger partial charge in [-0.25, -0.2) is 9.78 Å². The summed E-state index contributed by atoms with van der Waals surface area (Å²) in [5.74, 6) is 0. The monoisotopic (exact) mass is 298 g/mol. The second kappa shape index (κ2) is 4.69. The number of hydrogen-bond acceptors (Lipinski definition) is 4. The van der Waals surface area contributed by atoms with Crippen molar-refractivity contribution in [2.75, 3.05) is 19.0 Å². The molecule has 2 aromatic heterocycles. The van der Waals surface area contributed by atoms with Gasteiger partial charge in [0.05, 0.1) is 11.2 Å². The van der Waals surface area contributed by atoms with E-state index >= 15 is 0 Å². The van der Waals surface area contributed by atoms with Crippen LogP contribution in [0.5, 0.6) is 0 Å². The zero-order chi connectivity index (χ0) is 16.2. The van der Waals surface area contributed by atoms with Gasteiger partial charge in [0.2, 0.25) is 0 Å². The third-order valence-corrected chi connectivity index (χ3v) is 3.95. The Morgan fingerprint density at radius 3 is 2.41 bits per heavy atom. The van der Waals surface area contributed by atoms with Gasteiger partial charge in [0.25, 0.3) is 5.56 Å². The van der Waals surface area contributed by atoms with Crippen molar-refractivity contribution in [3.05, 3.63) is 44.6 Å². The first-order valence-electron chi connectivity index (χ1n) is 7.00. The molecule has 0 unspecified atom stereocenters. The van der Waals surface area contributed by atoms with Crippen molar-refractivity contribution in [3.63, 3.8) is 0 Å². The number of benzene rings is 1. The zero-order valence-corrected chi connectivity index (χ0v) is 13.3. The van der Waals surface area contributed by atoms with Crippen LogP contribution in [0.25, 0.3) is 21.9 Å². The van der Waals surface area contributed by atoms with Crippen molar-refractivity contribution in [2.45, 2.75) is 6.92 Å². The van der Waals surface area contributed by atoms with E-state index in [1.807, 2.05) is 44.1 Å². The number of pyridine rings is 1. The molecule has 0 N–H and O–H groups in total. The summed E-state index contributed by atoms with van der Waals surface area (Å²) in [5.41, 5.74) is 2.36. The number of hydrogen-bond donors (Lipinski definition) is 0. The lowest BCUT2D eigenvalue weighted by Crippen LogP contribution is -2.38. The molecule has 22 heavy (non-hydrogen) atoms. The lowest BCUT2D eigenvalue weighted by Gasteiger charge is -2.19. The zero-order valence-electron chi connectivity index (χ0n) is 13.3. The van der Waals surface area contributed by atoms with Crippen LogP contribution in [0, 0.1) is 6.92 Å². The van der Waals surface area contributed by atoms with Gasteiger partial charge >= 0.3 is 5.69 Å². The summed E-state index contributed by atoms with van der Waals surface area (Å²) >= 11 is 0. The highest BCUT2D eigenvalue weighted by Gasteiger charge is 2.18. The van der Waals surface area contributed by atoms with E-state index in [0.29, 0.717) is 11.0 Å². The average molecular weight is 298 g/mol. The van der Waals surface area contributed by atoms with Gasteiger partial charge in [0.15, 0.2) is 5.65 Å². The Bertz CT molecular complexity index is 1030. The first-order valence-corrected chi connectivity index (χ1v) is 7.00. The quantitative estimate of drug-likeness (QED) is 0.633. The molecular weight excluding hydrogens is 280 g/mol. The van der Waals surface area contributed by atoms with Gasteiger partial charge in [-0.3, -0.25) is 13.9 Å². The average Bonchev–Trinajstić information content (AvgIpc) is 2.48. The standard InChI is InChI=1S/C16H18N4O2/c1-9-6-7-10-11(8-9)17-14-12(13(10)18(2)3)15(21)20(5)16(22)19(14)4/h6-8H,1-5H3. The molecule has 114 valence electrons. The van der Waals surface area contributed by atoms with Crippen LogP contribution in [0.1, 0.15) is 5.56 Å². The van der Waals surface area contributed by atoms with Gasteiger partial charge in [-0.1, -0.05) is 12.1 Å². The summed E-state index contributed by atoms with van der Waals surface area (Å²) in [6, 6.07) is 5.93. The number of nitrogens with zero attached hydrogens (tertiary/aromatic N) is 4. The van der Waals surface area contributed by atoms with E-state index in [1.54, 1.807) is 7.05 Å². The topological polar surface area (TPSA) is 60.1 Å². The minimum atomic E-state index is -0.373. The van der Waals surface area contributed by atoms with Crippen molar-refractivity contribution in [1.29, 1.82) is 0 Å². The highest BCUT2D eigenvalue weighted by molar-refractivity contribution is 6.06. The third-order valence-electron chi connectivity index (χ3n) is 3.95. The molecule has 0 aliphatic rings. The van der Waals surface area contributed by atoms with Gasteiger partial charge < -0.3 is 4.90 Å². The Balaban J connectivity index is 2.73. The van der Waals surface area contributed by atoms with Crippen molar-refractivity contribution in [3.8, 4) is 0 Å². The number of aromatic nitrogens is 3. The number of aryl methyl sites for hydroxylation is 2. The largest absolute Gasteiger partial charge is 0.376 e. The van der Waals surface area contributed by atoms with Crippen LogP contribution < -0.4 is 16.1 Å². The third kappa shape index (κ3) is 1.83. The van der Waals surface area contributed by atoms with Crippen LogP contribution >= 0.6 is 0 Å². The minimum Gasteiger partial charge on any atom is -0.376 e. The van der Waals surface area contributed by atoms with Gasteiger partial charge in [0, 0.05) is 33.6 Å². The summed E-state index contributed by atoms with van der Waals surface area (Å²) in [5, 5.41) is 1.37. The van der Waals surface area contributed by atoms with E-state index < -0.39 is 0 Å². The van der Waals surface area contributed by atoms with Gasteiger partial charge in [-0.05, 0) is 18.6 Å². The molecule has 3 rings (SSSR count). The fourth-order valence-electron chi connectivity index (χ4n) is 2.82. The normalized spacial score (nSPS) is 11.3. The van der Waals surface area contributed by atoms with Crippen LogP contribution in [0.4, 0.5) is 5.69 Å². The smallest absolute Gasteiger partial charge is 0.332 e. The Labute approximate surface area is 127 Å². The first-order chi connectivity index (χ1) is 10.3. The molecule has 0 amide bonds. The maximum Gasteiger partial charge on any atom is 0.332 e. The lowest BCUT2D eigenvalue weighted by molar-refractivity contribution is 0.708. The minimum absolute atomic E-state index is 0.322. The van der Waals surface area contributed by atoms with Gasteiger partial charge in [-0.15, -0.1) is 0 Å². The van der Waals surface area contributed by atoms with E-state index in [1.165, 1.54) is 11.6 Å².